The third kappa shape index (κ3) is 2.16. The van der Waals surface area contributed by atoms with Gasteiger partial charge in [-0.05, 0) is 42.9 Å². The zero-order valence-corrected chi connectivity index (χ0v) is 11.8. The molecule has 1 heterocycles. The molecule has 2 N–H and O–H groups in total. The number of nitrogens with two attached hydrogens (primary N) is 1. The maximum absolute atomic E-state index is 6.11. The van der Waals surface area contributed by atoms with E-state index in [4.69, 9.17) is 28.9 Å². The zero-order valence-electron chi connectivity index (χ0n) is 10.3. The van der Waals surface area contributed by atoms with E-state index >= 15 is 0 Å². The van der Waals surface area contributed by atoms with Crippen LogP contribution in [0.5, 0.6) is 0 Å². The Morgan fingerprint density at radius 3 is 2.67 bits per heavy atom. The van der Waals surface area contributed by atoms with Crippen molar-refractivity contribution in [2.45, 2.75) is 31.3 Å². The fourth-order valence-electron chi connectivity index (χ4n) is 3.53. The molecule has 1 aromatic carbocycles. The summed E-state index contributed by atoms with van der Waals surface area (Å²) in [5, 5.41) is 1.23. The first-order valence-electron chi connectivity index (χ1n) is 6.60. The number of benzene rings is 1. The van der Waals surface area contributed by atoms with Gasteiger partial charge < -0.3 is 5.73 Å². The van der Waals surface area contributed by atoms with E-state index in [1.54, 1.807) is 0 Å². The number of nitrogens with zero attached hydrogens (tertiary/aromatic N) is 1. The molecule has 4 heteroatoms. The summed E-state index contributed by atoms with van der Waals surface area (Å²) in [6.07, 6.45) is 4.06. The van der Waals surface area contributed by atoms with Crippen LogP contribution in [0.2, 0.25) is 10.0 Å². The van der Waals surface area contributed by atoms with Gasteiger partial charge in [0.2, 0.25) is 0 Å². The van der Waals surface area contributed by atoms with Gasteiger partial charge in [-0.25, -0.2) is 0 Å². The van der Waals surface area contributed by atoms with Crippen molar-refractivity contribution in [2.75, 3.05) is 13.1 Å². The predicted octanol–water partition coefficient (Wildman–Crippen LogP) is 3.48. The van der Waals surface area contributed by atoms with E-state index in [2.05, 4.69) is 11.0 Å². The van der Waals surface area contributed by atoms with Gasteiger partial charge in [-0.2, -0.15) is 0 Å². The third-order valence-electron chi connectivity index (χ3n) is 4.40. The average molecular weight is 285 g/mol. The summed E-state index contributed by atoms with van der Waals surface area (Å²) in [5.74, 6) is 0.881. The van der Waals surface area contributed by atoms with Gasteiger partial charge in [-0.3, -0.25) is 4.90 Å². The summed E-state index contributed by atoms with van der Waals surface area (Å²) in [5.41, 5.74) is 7.18. The molecule has 3 atom stereocenters. The van der Waals surface area contributed by atoms with Gasteiger partial charge in [0.1, 0.15) is 0 Å². The van der Waals surface area contributed by atoms with Crippen LogP contribution in [0.3, 0.4) is 0 Å². The molecule has 1 saturated carbocycles. The highest BCUT2D eigenvalue weighted by Gasteiger charge is 2.40. The van der Waals surface area contributed by atoms with E-state index in [0.717, 1.165) is 12.0 Å². The maximum atomic E-state index is 6.11. The van der Waals surface area contributed by atoms with Crippen LogP contribution < -0.4 is 5.73 Å². The number of halogens is 2. The number of hydrogen-bond donors (Lipinski definition) is 1. The first-order valence-corrected chi connectivity index (χ1v) is 7.35. The second kappa shape index (κ2) is 5.01. The first kappa shape index (κ1) is 12.7. The van der Waals surface area contributed by atoms with Gasteiger partial charge in [0.05, 0.1) is 10.0 Å². The SMILES string of the molecule is NCC(c1ccc(Cl)c(Cl)c1)N1CC2CCC1C2. The standard InChI is InChI=1S/C14H18Cl2N2/c15-12-4-2-10(6-13(12)16)14(7-17)18-8-9-1-3-11(18)5-9/h2,4,6,9,11,14H,1,3,5,7-8,17H2. The van der Waals surface area contributed by atoms with E-state index in [1.807, 2.05) is 12.1 Å². The Morgan fingerprint density at radius 1 is 1.28 bits per heavy atom. The highest BCUT2D eigenvalue weighted by Crippen LogP contribution is 2.42. The lowest BCUT2D eigenvalue weighted by Gasteiger charge is -2.34. The zero-order chi connectivity index (χ0) is 12.7. The summed E-state index contributed by atoms with van der Waals surface area (Å²) < 4.78 is 0. The third-order valence-corrected chi connectivity index (χ3v) is 5.14. The van der Waals surface area contributed by atoms with Crippen molar-refractivity contribution in [3.63, 3.8) is 0 Å². The van der Waals surface area contributed by atoms with Crippen LogP contribution in [0.4, 0.5) is 0 Å². The highest BCUT2D eigenvalue weighted by atomic mass is 35.5. The van der Waals surface area contributed by atoms with E-state index in [9.17, 15) is 0 Å². The molecule has 0 spiro atoms. The van der Waals surface area contributed by atoms with E-state index < -0.39 is 0 Å². The molecular formula is C14H18Cl2N2. The Morgan fingerprint density at radius 2 is 2.11 bits per heavy atom. The largest absolute Gasteiger partial charge is 0.329 e. The topological polar surface area (TPSA) is 29.3 Å². The summed E-state index contributed by atoms with van der Waals surface area (Å²) in [6, 6.07) is 6.90. The molecule has 2 fully saturated rings. The molecule has 1 saturated heterocycles. The lowest BCUT2D eigenvalue weighted by molar-refractivity contribution is 0.153. The van der Waals surface area contributed by atoms with E-state index in [1.165, 1.54) is 31.4 Å². The Balaban J connectivity index is 1.85. The Bertz CT molecular complexity index is 449. The molecule has 2 bridgehead atoms. The van der Waals surface area contributed by atoms with Gasteiger partial charge in [-0.15, -0.1) is 0 Å². The van der Waals surface area contributed by atoms with Gasteiger partial charge in [0.15, 0.2) is 0 Å². The van der Waals surface area contributed by atoms with Crippen molar-refractivity contribution >= 4 is 23.2 Å². The molecule has 1 aromatic rings. The molecule has 0 aromatic heterocycles. The monoisotopic (exact) mass is 284 g/mol. The van der Waals surface area contributed by atoms with Crippen LogP contribution >= 0.6 is 23.2 Å². The molecule has 98 valence electrons. The Hall–Kier alpha value is -0.280. The van der Waals surface area contributed by atoms with Crippen molar-refractivity contribution in [3.8, 4) is 0 Å². The molecule has 1 aliphatic heterocycles. The predicted molar refractivity (Wildman–Crippen MR) is 76.1 cm³/mol. The second-order valence-electron chi connectivity index (χ2n) is 5.45. The second-order valence-corrected chi connectivity index (χ2v) is 6.27. The van der Waals surface area contributed by atoms with Crippen molar-refractivity contribution in [3.05, 3.63) is 33.8 Å². The lowest BCUT2D eigenvalue weighted by Crippen LogP contribution is -2.39. The molecule has 18 heavy (non-hydrogen) atoms. The van der Waals surface area contributed by atoms with Crippen molar-refractivity contribution in [1.29, 1.82) is 0 Å². The van der Waals surface area contributed by atoms with Crippen LogP contribution in [0, 0.1) is 5.92 Å². The van der Waals surface area contributed by atoms with Crippen molar-refractivity contribution in [1.82, 2.24) is 4.90 Å². The van der Waals surface area contributed by atoms with Gasteiger partial charge in [0.25, 0.3) is 0 Å². The normalized spacial score (nSPS) is 28.8. The van der Waals surface area contributed by atoms with Gasteiger partial charge >= 0.3 is 0 Å². The molecule has 0 radical (unpaired) electrons. The maximum Gasteiger partial charge on any atom is 0.0595 e. The Kier molecular flexibility index (Phi) is 3.55. The minimum absolute atomic E-state index is 0.287. The molecular weight excluding hydrogens is 267 g/mol. The van der Waals surface area contributed by atoms with E-state index in [0.29, 0.717) is 16.6 Å². The van der Waals surface area contributed by atoms with Gasteiger partial charge in [-0.1, -0.05) is 29.3 Å². The fourth-order valence-corrected chi connectivity index (χ4v) is 3.83. The first-order chi connectivity index (χ1) is 8.69. The van der Waals surface area contributed by atoms with Crippen molar-refractivity contribution in [2.24, 2.45) is 11.7 Å². The smallest absolute Gasteiger partial charge is 0.0595 e. The average Bonchev–Trinajstić information content (AvgIpc) is 2.97. The van der Waals surface area contributed by atoms with Crippen molar-refractivity contribution < 1.29 is 0 Å². The minimum atomic E-state index is 0.287. The quantitative estimate of drug-likeness (QED) is 0.921. The highest BCUT2D eigenvalue weighted by molar-refractivity contribution is 6.42. The van der Waals surface area contributed by atoms with Crippen LogP contribution in [0.1, 0.15) is 30.9 Å². The number of rotatable bonds is 3. The summed E-state index contributed by atoms with van der Waals surface area (Å²) in [6.45, 7) is 1.83. The molecule has 0 amide bonds. The lowest BCUT2D eigenvalue weighted by atomic mass is 10.0. The molecule has 1 aliphatic carbocycles. The van der Waals surface area contributed by atoms with Crippen LogP contribution in [0.15, 0.2) is 18.2 Å². The summed E-state index contributed by atoms with van der Waals surface area (Å²) >= 11 is 12.1. The number of piperidine rings is 1. The van der Waals surface area contributed by atoms with Crippen LogP contribution in [-0.2, 0) is 0 Å². The molecule has 3 unspecified atom stereocenters. The van der Waals surface area contributed by atoms with Crippen LogP contribution in [0.25, 0.3) is 0 Å². The summed E-state index contributed by atoms with van der Waals surface area (Å²) in [4.78, 5) is 2.56. The minimum Gasteiger partial charge on any atom is -0.329 e. The number of hydrogen-bond acceptors (Lipinski definition) is 2. The fraction of sp³-hybridized carbons (Fsp3) is 0.571. The number of likely N-dealkylation sites (tertiary alicyclic amines) is 1. The molecule has 3 rings (SSSR count). The number of fused-ring (bicyclic) bond motifs is 2. The molecule has 2 aliphatic rings. The summed E-state index contributed by atoms with van der Waals surface area (Å²) in [7, 11) is 0. The van der Waals surface area contributed by atoms with Crippen LogP contribution in [-0.4, -0.2) is 24.0 Å². The molecule has 2 nitrogen and oxygen atoms in total. The Labute approximate surface area is 118 Å². The van der Waals surface area contributed by atoms with E-state index in [-0.39, 0.29) is 6.04 Å². The van der Waals surface area contributed by atoms with Gasteiger partial charge in [0, 0.05) is 25.2 Å².